The SMILES string of the molecule is CCCCC1CCC(COC(=O)C2=NN([C@H]3CCS(=O)(=O)C3)C(=O)CC2)CC1. The van der Waals surface area contributed by atoms with E-state index in [0.29, 0.717) is 18.9 Å². The van der Waals surface area contributed by atoms with Crippen LogP contribution in [-0.4, -0.2) is 55.2 Å². The van der Waals surface area contributed by atoms with Gasteiger partial charge < -0.3 is 4.74 Å². The summed E-state index contributed by atoms with van der Waals surface area (Å²) in [5.41, 5.74) is 0.237. The monoisotopic (exact) mass is 412 g/mol. The Morgan fingerprint density at radius 3 is 2.50 bits per heavy atom. The number of nitrogens with zero attached hydrogens (tertiary/aromatic N) is 2. The van der Waals surface area contributed by atoms with Crippen molar-refractivity contribution in [2.45, 2.75) is 77.2 Å². The predicted octanol–water partition coefficient (Wildman–Crippen LogP) is 2.69. The Balaban J connectivity index is 1.49. The van der Waals surface area contributed by atoms with E-state index in [1.165, 1.54) is 37.1 Å². The topological polar surface area (TPSA) is 93.1 Å². The van der Waals surface area contributed by atoms with Gasteiger partial charge >= 0.3 is 5.97 Å². The lowest BCUT2D eigenvalue weighted by Crippen LogP contribution is -2.42. The van der Waals surface area contributed by atoms with Crippen molar-refractivity contribution in [3.63, 3.8) is 0 Å². The van der Waals surface area contributed by atoms with Crippen molar-refractivity contribution in [1.29, 1.82) is 0 Å². The lowest BCUT2D eigenvalue weighted by Gasteiger charge is -2.29. The highest BCUT2D eigenvalue weighted by atomic mass is 32.2. The first-order valence-electron chi connectivity index (χ1n) is 10.6. The predicted molar refractivity (Wildman–Crippen MR) is 107 cm³/mol. The fourth-order valence-corrected chi connectivity index (χ4v) is 6.12. The third-order valence-electron chi connectivity index (χ3n) is 6.23. The molecular formula is C20H32N2O5S. The van der Waals surface area contributed by atoms with Crippen LogP contribution in [0.25, 0.3) is 0 Å². The number of carbonyl (C=O) groups excluding carboxylic acids is 2. The van der Waals surface area contributed by atoms with Gasteiger partial charge in [0.15, 0.2) is 9.84 Å². The van der Waals surface area contributed by atoms with E-state index >= 15 is 0 Å². The number of carbonyl (C=O) groups is 2. The fourth-order valence-electron chi connectivity index (χ4n) is 4.43. The van der Waals surface area contributed by atoms with Crippen LogP contribution in [0.15, 0.2) is 5.10 Å². The van der Waals surface area contributed by atoms with Gasteiger partial charge in [0.1, 0.15) is 5.71 Å². The summed E-state index contributed by atoms with van der Waals surface area (Å²) in [6.07, 6.45) is 9.26. The summed E-state index contributed by atoms with van der Waals surface area (Å²) in [5.74, 6) is 0.528. The van der Waals surface area contributed by atoms with Gasteiger partial charge in [0.25, 0.3) is 0 Å². The van der Waals surface area contributed by atoms with Crippen molar-refractivity contribution in [1.82, 2.24) is 5.01 Å². The van der Waals surface area contributed by atoms with Gasteiger partial charge in [-0.05, 0) is 31.1 Å². The third kappa shape index (κ3) is 5.55. The zero-order chi connectivity index (χ0) is 20.1. The Hall–Kier alpha value is -1.44. The highest BCUT2D eigenvalue weighted by Crippen LogP contribution is 2.32. The number of amides is 1. The number of esters is 1. The molecular weight excluding hydrogens is 380 g/mol. The van der Waals surface area contributed by atoms with E-state index in [4.69, 9.17) is 4.74 Å². The van der Waals surface area contributed by atoms with Crippen LogP contribution in [-0.2, 0) is 24.2 Å². The molecule has 0 radical (unpaired) electrons. The average molecular weight is 413 g/mol. The Kier molecular flexibility index (Phi) is 7.12. The molecule has 0 aromatic heterocycles. The van der Waals surface area contributed by atoms with Crippen LogP contribution in [0.1, 0.15) is 71.1 Å². The van der Waals surface area contributed by atoms with Crippen LogP contribution in [0.2, 0.25) is 0 Å². The average Bonchev–Trinajstić information content (AvgIpc) is 3.05. The Morgan fingerprint density at radius 2 is 1.86 bits per heavy atom. The third-order valence-corrected chi connectivity index (χ3v) is 7.98. The summed E-state index contributed by atoms with van der Waals surface area (Å²) in [7, 11) is -3.12. The molecule has 0 N–H and O–H groups in total. The number of hydrogen-bond acceptors (Lipinski definition) is 6. The van der Waals surface area contributed by atoms with Crippen molar-refractivity contribution < 1.29 is 22.7 Å². The van der Waals surface area contributed by atoms with E-state index in [1.807, 2.05) is 0 Å². The van der Waals surface area contributed by atoms with Gasteiger partial charge in [-0.3, -0.25) is 4.79 Å². The largest absolute Gasteiger partial charge is 0.461 e. The van der Waals surface area contributed by atoms with Crippen LogP contribution in [0.5, 0.6) is 0 Å². The lowest BCUT2D eigenvalue weighted by atomic mass is 9.80. The Labute approximate surface area is 167 Å². The maximum absolute atomic E-state index is 12.4. The van der Waals surface area contributed by atoms with E-state index in [2.05, 4.69) is 12.0 Å². The first kappa shape index (κ1) is 21.3. The zero-order valence-electron chi connectivity index (χ0n) is 16.8. The van der Waals surface area contributed by atoms with E-state index < -0.39 is 21.8 Å². The van der Waals surface area contributed by atoms with E-state index in [9.17, 15) is 18.0 Å². The summed E-state index contributed by atoms with van der Waals surface area (Å²) in [4.78, 5) is 24.6. The number of hydrogen-bond donors (Lipinski definition) is 0. The molecule has 1 atom stereocenters. The molecule has 1 amide bonds. The fraction of sp³-hybridized carbons (Fsp3) is 0.850. The molecule has 0 aromatic carbocycles. The highest BCUT2D eigenvalue weighted by Gasteiger charge is 2.37. The molecule has 1 saturated carbocycles. The number of rotatable bonds is 7. The minimum atomic E-state index is -3.12. The molecule has 0 unspecified atom stereocenters. The molecule has 158 valence electrons. The maximum atomic E-state index is 12.4. The molecule has 0 aromatic rings. The van der Waals surface area contributed by atoms with Gasteiger partial charge in [-0.15, -0.1) is 0 Å². The minimum Gasteiger partial charge on any atom is -0.461 e. The van der Waals surface area contributed by atoms with Crippen molar-refractivity contribution in [3.05, 3.63) is 0 Å². The first-order chi connectivity index (χ1) is 13.4. The Bertz CT molecular complexity index is 710. The van der Waals surface area contributed by atoms with Crippen molar-refractivity contribution in [2.75, 3.05) is 18.1 Å². The molecule has 1 aliphatic carbocycles. The van der Waals surface area contributed by atoms with Crippen LogP contribution in [0, 0.1) is 11.8 Å². The smallest absolute Gasteiger partial charge is 0.354 e. The number of hydrazone groups is 1. The van der Waals surface area contributed by atoms with Crippen molar-refractivity contribution >= 4 is 27.4 Å². The molecule has 3 rings (SSSR count). The summed E-state index contributed by atoms with van der Waals surface area (Å²) >= 11 is 0. The van der Waals surface area contributed by atoms with Crippen LogP contribution >= 0.6 is 0 Å². The van der Waals surface area contributed by atoms with Gasteiger partial charge in [-0.1, -0.05) is 39.0 Å². The molecule has 7 nitrogen and oxygen atoms in total. The van der Waals surface area contributed by atoms with Crippen molar-refractivity contribution in [2.24, 2.45) is 16.9 Å². The molecule has 2 aliphatic heterocycles. The van der Waals surface area contributed by atoms with Crippen LogP contribution in [0.3, 0.4) is 0 Å². The van der Waals surface area contributed by atoms with Gasteiger partial charge in [0.2, 0.25) is 5.91 Å². The van der Waals surface area contributed by atoms with Crippen molar-refractivity contribution in [3.8, 4) is 0 Å². The number of sulfone groups is 1. The summed E-state index contributed by atoms with van der Waals surface area (Å²) in [6.45, 7) is 2.63. The summed E-state index contributed by atoms with van der Waals surface area (Å²) in [6, 6.07) is -0.459. The van der Waals surface area contributed by atoms with Gasteiger partial charge in [-0.25, -0.2) is 18.2 Å². The van der Waals surface area contributed by atoms with E-state index in [-0.39, 0.29) is 36.0 Å². The van der Waals surface area contributed by atoms with E-state index in [1.54, 1.807) is 0 Å². The van der Waals surface area contributed by atoms with E-state index in [0.717, 1.165) is 18.8 Å². The Morgan fingerprint density at radius 1 is 1.14 bits per heavy atom. The van der Waals surface area contributed by atoms with Crippen LogP contribution in [0.4, 0.5) is 0 Å². The first-order valence-corrected chi connectivity index (χ1v) is 12.5. The minimum absolute atomic E-state index is 0.0671. The standard InChI is InChI=1S/C20H32N2O5S/c1-2-3-4-15-5-7-16(8-6-15)13-27-20(24)18-9-10-19(23)22(21-18)17-11-12-28(25,26)14-17/h15-17H,2-14H2,1H3/t15?,16?,17-/m0/s1. The highest BCUT2D eigenvalue weighted by molar-refractivity contribution is 7.91. The van der Waals surface area contributed by atoms with Gasteiger partial charge in [0.05, 0.1) is 24.2 Å². The second kappa shape index (κ2) is 9.37. The normalized spacial score (nSPS) is 30.2. The lowest BCUT2D eigenvalue weighted by molar-refractivity contribution is -0.138. The zero-order valence-corrected chi connectivity index (χ0v) is 17.6. The van der Waals surface area contributed by atoms with Gasteiger partial charge in [-0.2, -0.15) is 5.10 Å². The van der Waals surface area contributed by atoms with Gasteiger partial charge in [0, 0.05) is 12.8 Å². The summed E-state index contributed by atoms with van der Waals surface area (Å²) < 4.78 is 28.9. The number of unbranched alkanes of at least 4 members (excludes halogenated alkanes) is 1. The second-order valence-corrected chi connectivity index (χ2v) is 10.7. The second-order valence-electron chi connectivity index (χ2n) is 8.47. The molecule has 2 fully saturated rings. The number of ether oxygens (including phenoxy) is 1. The molecule has 0 spiro atoms. The molecule has 2 heterocycles. The molecule has 1 saturated heterocycles. The quantitative estimate of drug-likeness (QED) is 0.599. The molecule has 8 heteroatoms. The maximum Gasteiger partial charge on any atom is 0.354 e. The molecule has 28 heavy (non-hydrogen) atoms. The molecule has 0 bridgehead atoms. The molecule has 3 aliphatic rings. The summed E-state index contributed by atoms with van der Waals surface area (Å²) in [5, 5.41) is 5.39. The van der Waals surface area contributed by atoms with Crippen LogP contribution < -0.4 is 0 Å².